The number of hydrogen-bond acceptors (Lipinski definition) is 7. The number of amides is 1. The number of anilines is 1. The molecule has 8 heteroatoms. The summed E-state index contributed by atoms with van der Waals surface area (Å²) in [6, 6.07) is 12.7. The van der Waals surface area contributed by atoms with E-state index < -0.39 is 0 Å². The summed E-state index contributed by atoms with van der Waals surface area (Å²) in [6.07, 6.45) is 0. The molecule has 2 heterocycles. The number of methoxy groups -OCH3 is 1. The SMILES string of the molecule is COc1cc(C(=O)Nc2cccc(-c3csc(C)n3)c2)ccc1OCc1cscn1. The number of hydrogen-bond donors (Lipinski definition) is 1. The Morgan fingerprint density at radius 2 is 2.03 bits per heavy atom. The zero-order valence-electron chi connectivity index (χ0n) is 16.4. The normalized spacial score (nSPS) is 10.6. The largest absolute Gasteiger partial charge is 0.493 e. The first-order valence-electron chi connectivity index (χ1n) is 9.14. The van der Waals surface area contributed by atoms with Crippen LogP contribution in [0.15, 0.2) is 58.7 Å². The predicted molar refractivity (Wildman–Crippen MR) is 120 cm³/mol. The van der Waals surface area contributed by atoms with Crippen molar-refractivity contribution < 1.29 is 14.3 Å². The van der Waals surface area contributed by atoms with Crippen LogP contribution >= 0.6 is 22.7 Å². The summed E-state index contributed by atoms with van der Waals surface area (Å²) in [5, 5.41) is 7.87. The first-order chi connectivity index (χ1) is 14.6. The highest BCUT2D eigenvalue weighted by molar-refractivity contribution is 7.09. The number of ether oxygens (including phenoxy) is 2. The Balaban J connectivity index is 1.48. The number of thiazole rings is 2. The molecule has 0 atom stereocenters. The quantitative estimate of drug-likeness (QED) is 0.418. The molecule has 4 rings (SSSR count). The summed E-state index contributed by atoms with van der Waals surface area (Å²) in [5.41, 5.74) is 5.64. The number of aromatic nitrogens is 2. The maximum Gasteiger partial charge on any atom is 0.255 e. The number of benzene rings is 2. The van der Waals surface area contributed by atoms with Crippen LogP contribution in [0.2, 0.25) is 0 Å². The van der Waals surface area contributed by atoms with Crippen molar-refractivity contribution in [3.63, 3.8) is 0 Å². The lowest BCUT2D eigenvalue weighted by molar-refractivity contribution is 0.102. The molecular formula is C22H19N3O3S2. The molecule has 2 aromatic carbocycles. The summed E-state index contributed by atoms with van der Waals surface area (Å²) in [5.74, 6) is 0.818. The van der Waals surface area contributed by atoms with Crippen LogP contribution in [0, 0.1) is 6.92 Å². The maximum atomic E-state index is 12.8. The van der Waals surface area contributed by atoms with Gasteiger partial charge in [0.15, 0.2) is 11.5 Å². The second-order valence-corrected chi connectivity index (χ2v) is 8.20. The molecule has 0 saturated heterocycles. The van der Waals surface area contributed by atoms with Crippen molar-refractivity contribution in [3.05, 3.63) is 75.0 Å². The molecule has 1 amide bonds. The molecule has 0 spiro atoms. The minimum absolute atomic E-state index is 0.231. The molecule has 1 N–H and O–H groups in total. The predicted octanol–water partition coefficient (Wildman–Crippen LogP) is 5.41. The molecule has 0 radical (unpaired) electrons. The van der Waals surface area contributed by atoms with Gasteiger partial charge in [0, 0.05) is 27.6 Å². The third-order valence-electron chi connectivity index (χ3n) is 4.32. The Bertz CT molecular complexity index is 1160. The topological polar surface area (TPSA) is 73.3 Å². The number of carbonyl (C=O) groups excluding carboxylic acids is 1. The fourth-order valence-electron chi connectivity index (χ4n) is 2.84. The van der Waals surface area contributed by atoms with Crippen molar-refractivity contribution in [2.75, 3.05) is 12.4 Å². The van der Waals surface area contributed by atoms with Gasteiger partial charge in [-0.15, -0.1) is 22.7 Å². The zero-order valence-corrected chi connectivity index (χ0v) is 18.0. The summed E-state index contributed by atoms with van der Waals surface area (Å²) in [6.45, 7) is 2.31. The van der Waals surface area contributed by atoms with Crippen molar-refractivity contribution in [2.24, 2.45) is 0 Å². The summed E-state index contributed by atoms with van der Waals surface area (Å²) in [7, 11) is 1.55. The van der Waals surface area contributed by atoms with E-state index in [0.717, 1.165) is 22.0 Å². The van der Waals surface area contributed by atoms with Gasteiger partial charge in [0.05, 0.1) is 29.0 Å². The van der Waals surface area contributed by atoms with E-state index in [9.17, 15) is 4.79 Å². The molecule has 0 aliphatic rings. The fourth-order valence-corrected chi connectivity index (χ4v) is 4.01. The number of aryl methyl sites for hydroxylation is 1. The smallest absolute Gasteiger partial charge is 0.255 e. The molecular weight excluding hydrogens is 418 g/mol. The Hall–Kier alpha value is -3.23. The monoisotopic (exact) mass is 437 g/mol. The minimum atomic E-state index is -0.231. The molecule has 0 unspecified atom stereocenters. The van der Waals surface area contributed by atoms with Crippen LogP contribution in [0.25, 0.3) is 11.3 Å². The Morgan fingerprint density at radius 3 is 2.77 bits per heavy atom. The Kier molecular flexibility index (Phi) is 6.06. The highest BCUT2D eigenvalue weighted by Gasteiger charge is 2.13. The molecule has 0 bridgehead atoms. The zero-order chi connectivity index (χ0) is 20.9. The van der Waals surface area contributed by atoms with Crippen molar-refractivity contribution >= 4 is 34.3 Å². The second-order valence-electron chi connectivity index (χ2n) is 6.42. The molecule has 0 fully saturated rings. The van der Waals surface area contributed by atoms with Gasteiger partial charge in [-0.3, -0.25) is 4.79 Å². The minimum Gasteiger partial charge on any atom is -0.493 e. The highest BCUT2D eigenvalue weighted by atomic mass is 32.1. The van der Waals surface area contributed by atoms with E-state index in [-0.39, 0.29) is 5.91 Å². The van der Waals surface area contributed by atoms with Gasteiger partial charge in [-0.25, -0.2) is 9.97 Å². The van der Waals surface area contributed by atoms with Crippen LogP contribution in [0.3, 0.4) is 0 Å². The van der Waals surface area contributed by atoms with E-state index in [1.807, 2.05) is 41.9 Å². The van der Waals surface area contributed by atoms with Crippen LogP contribution in [0.4, 0.5) is 5.69 Å². The van der Waals surface area contributed by atoms with Gasteiger partial charge < -0.3 is 14.8 Å². The summed E-state index contributed by atoms with van der Waals surface area (Å²) in [4.78, 5) is 21.5. The van der Waals surface area contributed by atoms with Crippen molar-refractivity contribution in [1.29, 1.82) is 0 Å². The van der Waals surface area contributed by atoms with E-state index >= 15 is 0 Å². The standard InChI is InChI=1S/C22H19N3O3S2/c1-14-24-19(12-30-14)15-4-3-5-17(8-15)25-22(26)16-6-7-20(21(9-16)27-2)28-10-18-11-29-13-23-18/h3-9,11-13H,10H2,1-2H3,(H,25,26). The van der Waals surface area contributed by atoms with Gasteiger partial charge in [0.25, 0.3) is 5.91 Å². The summed E-state index contributed by atoms with van der Waals surface area (Å²) < 4.78 is 11.2. The molecule has 0 aliphatic carbocycles. The lowest BCUT2D eigenvalue weighted by atomic mass is 10.1. The van der Waals surface area contributed by atoms with Gasteiger partial charge in [-0.2, -0.15) is 0 Å². The van der Waals surface area contributed by atoms with Crippen molar-refractivity contribution in [1.82, 2.24) is 9.97 Å². The van der Waals surface area contributed by atoms with E-state index in [1.54, 1.807) is 42.2 Å². The first-order valence-corrected chi connectivity index (χ1v) is 11.0. The van der Waals surface area contributed by atoms with Gasteiger partial charge >= 0.3 is 0 Å². The van der Waals surface area contributed by atoms with E-state index in [2.05, 4.69) is 15.3 Å². The Morgan fingerprint density at radius 1 is 1.13 bits per heavy atom. The molecule has 0 saturated carbocycles. The third kappa shape index (κ3) is 4.67. The number of nitrogens with one attached hydrogen (secondary N) is 1. The molecule has 0 aliphatic heterocycles. The maximum absolute atomic E-state index is 12.8. The van der Waals surface area contributed by atoms with Crippen LogP contribution in [0.1, 0.15) is 21.1 Å². The average molecular weight is 438 g/mol. The molecule has 6 nitrogen and oxygen atoms in total. The lowest BCUT2D eigenvalue weighted by Crippen LogP contribution is -2.12. The van der Waals surface area contributed by atoms with Crippen molar-refractivity contribution in [3.8, 4) is 22.8 Å². The van der Waals surface area contributed by atoms with E-state index in [1.165, 1.54) is 11.3 Å². The number of rotatable bonds is 7. The van der Waals surface area contributed by atoms with Gasteiger partial charge in [0.1, 0.15) is 6.61 Å². The van der Waals surface area contributed by atoms with E-state index in [4.69, 9.17) is 9.47 Å². The summed E-state index contributed by atoms with van der Waals surface area (Å²) >= 11 is 3.11. The first kappa shape index (κ1) is 20.1. The molecule has 2 aromatic heterocycles. The van der Waals surface area contributed by atoms with Crippen LogP contribution in [-0.4, -0.2) is 23.0 Å². The van der Waals surface area contributed by atoms with Gasteiger partial charge in [-0.1, -0.05) is 12.1 Å². The van der Waals surface area contributed by atoms with Crippen molar-refractivity contribution in [2.45, 2.75) is 13.5 Å². The van der Waals surface area contributed by atoms with Crippen LogP contribution < -0.4 is 14.8 Å². The van der Waals surface area contributed by atoms with Gasteiger partial charge in [-0.05, 0) is 37.3 Å². The van der Waals surface area contributed by atoms with Crippen LogP contribution in [-0.2, 0) is 6.61 Å². The third-order valence-corrected chi connectivity index (χ3v) is 5.73. The Labute approximate surface area is 182 Å². The molecule has 4 aromatic rings. The number of carbonyl (C=O) groups is 1. The molecule has 152 valence electrons. The van der Waals surface area contributed by atoms with Gasteiger partial charge in [0.2, 0.25) is 0 Å². The van der Waals surface area contributed by atoms with Crippen LogP contribution in [0.5, 0.6) is 11.5 Å². The van der Waals surface area contributed by atoms with E-state index in [0.29, 0.717) is 29.4 Å². The average Bonchev–Trinajstić information content (AvgIpc) is 3.44. The highest BCUT2D eigenvalue weighted by Crippen LogP contribution is 2.30. The fraction of sp³-hybridized carbons (Fsp3) is 0.136. The molecule has 30 heavy (non-hydrogen) atoms. The lowest BCUT2D eigenvalue weighted by Gasteiger charge is -2.12. The number of nitrogens with zero attached hydrogens (tertiary/aromatic N) is 2. The second kappa shape index (κ2) is 9.06.